The highest BCUT2D eigenvalue weighted by molar-refractivity contribution is 9.10. The van der Waals surface area contributed by atoms with E-state index in [0.29, 0.717) is 13.1 Å². The predicted molar refractivity (Wildman–Crippen MR) is 116 cm³/mol. The number of piperidine rings is 1. The average molecular weight is 459 g/mol. The normalized spacial score (nSPS) is 16.8. The van der Waals surface area contributed by atoms with Gasteiger partial charge in [-0.1, -0.05) is 6.07 Å². The van der Waals surface area contributed by atoms with Gasteiger partial charge in [0.1, 0.15) is 5.65 Å². The van der Waals surface area contributed by atoms with Crippen LogP contribution in [0.25, 0.3) is 11.0 Å². The highest BCUT2D eigenvalue weighted by Gasteiger charge is 2.25. The number of carbonyl (C=O) groups is 1. The van der Waals surface area contributed by atoms with Gasteiger partial charge in [0.2, 0.25) is 0 Å². The highest BCUT2D eigenvalue weighted by atomic mass is 79.9. The van der Waals surface area contributed by atoms with E-state index in [1.165, 1.54) is 0 Å². The highest BCUT2D eigenvalue weighted by Crippen LogP contribution is 2.39. The van der Waals surface area contributed by atoms with Gasteiger partial charge >= 0.3 is 6.09 Å². The number of carboxylic acid groups (broad SMARTS) is 1. The van der Waals surface area contributed by atoms with Crippen LogP contribution in [0.15, 0.2) is 35.2 Å². The van der Waals surface area contributed by atoms with E-state index in [0.717, 1.165) is 57.5 Å². The molecule has 9 heteroatoms. The van der Waals surface area contributed by atoms with Crippen LogP contribution >= 0.6 is 15.9 Å². The number of hydrogen-bond acceptors (Lipinski definition) is 5. The molecule has 1 atom stereocenters. The van der Waals surface area contributed by atoms with Gasteiger partial charge in [0.15, 0.2) is 0 Å². The number of nitrogens with one attached hydrogen (secondary N) is 3. The molecule has 0 spiro atoms. The Morgan fingerprint density at radius 1 is 1.38 bits per heavy atom. The zero-order valence-electron chi connectivity index (χ0n) is 16.1. The molecule has 3 aromatic rings. The molecule has 152 valence electrons. The molecule has 1 amide bonds. The quantitative estimate of drug-likeness (QED) is 0.462. The first-order chi connectivity index (χ1) is 14.0. The van der Waals surface area contributed by atoms with Crippen molar-refractivity contribution in [2.24, 2.45) is 0 Å². The number of anilines is 2. The summed E-state index contributed by atoms with van der Waals surface area (Å²) in [6, 6.07) is 3.97. The standard InChI is InChI=1S/C20H23BrN6O2/c1-12-4-5-13(7-22-12)8-23-16-10-25-19-17(16)18(15(21)9-24-19)27-6-2-3-14(11-27)26-20(28)29/h4-5,7,9-10,14,23,26H,2-3,6,8,11H2,1H3,(H,24,25)(H,28,29). The second kappa shape index (κ2) is 8.28. The number of halogens is 1. The molecule has 4 heterocycles. The molecule has 0 bridgehead atoms. The number of hydrogen-bond donors (Lipinski definition) is 4. The Balaban J connectivity index is 1.63. The summed E-state index contributed by atoms with van der Waals surface area (Å²) in [5.74, 6) is 0. The largest absolute Gasteiger partial charge is 0.465 e. The zero-order chi connectivity index (χ0) is 20.4. The van der Waals surface area contributed by atoms with Crippen LogP contribution in [0, 0.1) is 6.92 Å². The average Bonchev–Trinajstić information content (AvgIpc) is 3.10. The smallest absolute Gasteiger partial charge is 0.404 e. The molecule has 0 aliphatic carbocycles. The first kappa shape index (κ1) is 19.5. The number of aryl methyl sites for hydroxylation is 1. The summed E-state index contributed by atoms with van der Waals surface area (Å²) in [6.45, 7) is 4.10. The number of aromatic amines is 1. The van der Waals surface area contributed by atoms with Gasteiger partial charge in [0.25, 0.3) is 0 Å². The van der Waals surface area contributed by atoms with Crippen molar-refractivity contribution in [1.29, 1.82) is 0 Å². The first-order valence-electron chi connectivity index (χ1n) is 9.56. The Morgan fingerprint density at radius 2 is 2.24 bits per heavy atom. The minimum absolute atomic E-state index is 0.0923. The number of amides is 1. The Morgan fingerprint density at radius 3 is 3.00 bits per heavy atom. The van der Waals surface area contributed by atoms with Crippen LogP contribution < -0.4 is 15.5 Å². The van der Waals surface area contributed by atoms with Crippen molar-refractivity contribution >= 4 is 44.4 Å². The third-order valence-corrected chi connectivity index (χ3v) is 5.73. The summed E-state index contributed by atoms with van der Waals surface area (Å²) in [7, 11) is 0. The van der Waals surface area contributed by atoms with Gasteiger partial charge < -0.3 is 25.6 Å². The van der Waals surface area contributed by atoms with Crippen molar-refractivity contribution in [3.63, 3.8) is 0 Å². The van der Waals surface area contributed by atoms with Crippen molar-refractivity contribution in [2.75, 3.05) is 23.3 Å². The van der Waals surface area contributed by atoms with Crippen LogP contribution in [-0.2, 0) is 6.54 Å². The summed E-state index contributed by atoms with van der Waals surface area (Å²) in [5.41, 5.74) is 4.86. The molecule has 1 saturated heterocycles. The molecular formula is C20H23BrN6O2. The fourth-order valence-corrected chi connectivity index (χ4v) is 4.33. The molecule has 8 nitrogen and oxygen atoms in total. The summed E-state index contributed by atoms with van der Waals surface area (Å²) in [4.78, 5) is 25.4. The molecule has 0 radical (unpaired) electrons. The minimum Gasteiger partial charge on any atom is -0.465 e. The van der Waals surface area contributed by atoms with Crippen LogP contribution in [0.1, 0.15) is 24.1 Å². The monoisotopic (exact) mass is 458 g/mol. The molecule has 0 aromatic carbocycles. The molecule has 1 aliphatic heterocycles. The minimum atomic E-state index is -0.980. The number of rotatable bonds is 5. The Hall–Kier alpha value is -2.81. The van der Waals surface area contributed by atoms with Crippen LogP contribution in [-0.4, -0.2) is 45.3 Å². The summed E-state index contributed by atoms with van der Waals surface area (Å²) >= 11 is 3.65. The zero-order valence-corrected chi connectivity index (χ0v) is 17.7. The van der Waals surface area contributed by atoms with Crippen molar-refractivity contribution in [3.05, 3.63) is 46.5 Å². The lowest BCUT2D eigenvalue weighted by Gasteiger charge is -2.35. The first-order valence-corrected chi connectivity index (χ1v) is 10.4. The van der Waals surface area contributed by atoms with E-state index in [9.17, 15) is 4.79 Å². The number of H-pyrrole nitrogens is 1. The van der Waals surface area contributed by atoms with E-state index in [4.69, 9.17) is 5.11 Å². The molecule has 4 N–H and O–H groups in total. The Labute approximate surface area is 176 Å². The second-order valence-corrected chi connectivity index (χ2v) is 8.13. The van der Waals surface area contributed by atoms with Crippen LogP contribution in [0.4, 0.5) is 16.2 Å². The maximum atomic E-state index is 11.1. The second-order valence-electron chi connectivity index (χ2n) is 7.28. The van der Waals surface area contributed by atoms with Crippen LogP contribution in [0.5, 0.6) is 0 Å². The van der Waals surface area contributed by atoms with Crippen molar-refractivity contribution in [1.82, 2.24) is 20.3 Å². The van der Waals surface area contributed by atoms with E-state index in [-0.39, 0.29) is 6.04 Å². The lowest BCUT2D eigenvalue weighted by Crippen LogP contribution is -2.47. The molecule has 1 unspecified atom stereocenters. The number of aromatic nitrogens is 3. The van der Waals surface area contributed by atoms with Gasteiger partial charge in [-0.15, -0.1) is 0 Å². The molecule has 1 fully saturated rings. The van der Waals surface area contributed by atoms with Crippen molar-refractivity contribution in [3.8, 4) is 0 Å². The van der Waals surface area contributed by atoms with E-state index < -0.39 is 6.09 Å². The number of nitrogens with zero attached hydrogens (tertiary/aromatic N) is 3. The lowest BCUT2D eigenvalue weighted by atomic mass is 10.0. The van der Waals surface area contributed by atoms with Gasteiger partial charge in [-0.3, -0.25) is 4.98 Å². The number of pyridine rings is 2. The van der Waals surface area contributed by atoms with Gasteiger partial charge in [0, 0.05) is 50.0 Å². The summed E-state index contributed by atoms with van der Waals surface area (Å²) < 4.78 is 0.889. The molecule has 29 heavy (non-hydrogen) atoms. The fourth-order valence-electron chi connectivity index (χ4n) is 3.78. The Bertz CT molecular complexity index is 1020. The van der Waals surface area contributed by atoms with Gasteiger partial charge in [-0.2, -0.15) is 0 Å². The van der Waals surface area contributed by atoms with Gasteiger partial charge in [-0.05, 0) is 47.3 Å². The van der Waals surface area contributed by atoms with Crippen LogP contribution in [0.3, 0.4) is 0 Å². The third-order valence-electron chi connectivity index (χ3n) is 5.15. The molecule has 1 aliphatic rings. The maximum absolute atomic E-state index is 11.1. The summed E-state index contributed by atoms with van der Waals surface area (Å²) in [5, 5.41) is 16.2. The van der Waals surface area contributed by atoms with E-state index >= 15 is 0 Å². The van der Waals surface area contributed by atoms with E-state index in [1.807, 2.05) is 25.4 Å². The van der Waals surface area contributed by atoms with E-state index in [2.05, 4.69) is 52.5 Å². The van der Waals surface area contributed by atoms with Crippen LogP contribution in [0.2, 0.25) is 0 Å². The third kappa shape index (κ3) is 4.29. The number of fused-ring (bicyclic) bond motifs is 1. The van der Waals surface area contributed by atoms with E-state index in [1.54, 1.807) is 6.20 Å². The fraction of sp³-hybridized carbons (Fsp3) is 0.350. The molecule has 3 aromatic heterocycles. The maximum Gasteiger partial charge on any atom is 0.404 e. The van der Waals surface area contributed by atoms with Crippen molar-refractivity contribution in [2.45, 2.75) is 32.4 Å². The Kier molecular flexibility index (Phi) is 5.57. The molecular weight excluding hydrogens is 436 g/mol. The SMILES string of the molecule is Cc1ccc(CNc2c[nH]c3ncc(Br)c(N4CCCC(NC(=O)O)C4)c23)cn1. The lowest BCUT2D eigenvalue weighted by molar-refractivity contribution is 0.188. The van der Waals surface area contributed by atoms with Crippen molar-refractivity contribution < 1.29 is 9.90 Å². The topological polar surface area (TPSA) is 106 Å². The molecule has 4 rings (SSSR count). The van der Waals surface area contributed by atoms with Gasteiger partial charge in [-0.25, -0.2) is 9.78 Å². The molecule has 0 saturated carbocycles. The van der Waals surface area contributed by atoms with Gasteiger partial charge in [0.05, 0.1) is 21.2 Å². The summed E-state index contributed by atoms with van der Waals surface area (Å²) in [6.07, 6.45) is 6.37. The predicted octanol–water partition coefficient (Wildman–Crippen LogP) is 3.88.